The summed E-state index contributed by atoms with van der Waals surface area (Å²) < 4.78 is 45.1. The molecule has 1 aliphatic carbocycles. The molecule has 0 radical (unpaired) electrons. The second-order valence-electron chi connectivity index (χ2n) is 5.26. The van der Waals surface area contributed by atoms with Gasteiger partial charge in [-0.2, -0.15) is 13.2 Å². The summed E-state index contributed by atoms with van der Waals surface area (Å²) in [4.78, 5) is 3.89. The van der Waals surface area contributed by atoms with E-state index >= 15 is 0 Å². The molecular weight excluding hydrogens is 337 g/mol. The van der Waals surface area contributed by atoms with Gasteiger partial charge in [-0.15, -0.1) is 0 Å². The lowest BCUT2D eigenvalue weighted by Crippen LogP contribution is -2.32. The summed E-state index contributed by atoms with van der Waals surface area (Å²) in [7, 11) is 0. The number of hydrogen-bond donors (Lipinski definition) is 1. The molecule has 3 rings (SSSR count). The van der Waals surface area contributed by atoms with Gasteiger partial charge in [0.2, 0.25) is 0 Å². The number of alkyl halides is 3. The van der Waals surface area contributed by atoms with Crippen LogP contribution in [0.5, 0.6) is 0 Å². The van der Waals surface area contributed by atoms with Crippen LogP contribution in [0, 0.1) is 5.92 Å². The van der Waals surface area contributed by atoms with Crippen LogP contribution >= 0.6 is 15.9 Å². The largest absolute Gasteiger partial charge is 0.419 e. The highest BCUT2D eigenvalue weighted by Gasteiger charge is 2.42. The molecule has 1 aliphatic heterocycles. The third-order valence-electron chi connectivity index (χ3n) is 3.70. The number of halogens is 4. The quantitative estimate of drug-likeness (QED) is 0.899. The summed E-state index contributed by atoms with van der Waals surface area (Å²) in [5.74, 6) is 0.377. The lowest BCUT2D eigenvalue weighted by Gasteiger charge is -2.22. The Morgan fingerprint density at radius 2 is 2.05 bits per heavy atom. The predicted octanol–water partition coefficient (Wildman–Crippen LogP) is 3.84. The molecule has 7 heteroatoms. The van der Waals surface area contributed by atoms with E-state index in [2.05, 4.69) is 26.2 Å². The first kappa shape index (κ1) is 14.1. The molecule has 20 heavy (non-hydrogen) atoms. The van der Waals surface area contributed by atoms with Crippen LogP contribution in [0.3, 0.4) is 0 Å². The van der Waals surface area contributed by atoms with Gasteiger partial charge in [0.1, 0.15) is 5.82 Å². The van der Waals surface area contributed by atoms with Crippen LogP contribution in [0.2, 0.25) is 0 Å². The van der Waals surface area contributed by atoms with Crippen LogP contribution in [0.1, 0.15) is 24.8 Å². The number of pyridine rings is 1. The molecule has 2 aliphatic rings. The minimum atomic E-state index is -4.42. The molecule has 1 saturated heterocycles. The lowest BCUT2D eigenvalue weighted by molar-refractivity contribution is -0.137. The fourth-order valence-electron chi connectivity index (χ4n) is 2.60. The van der Waals surface area contributed by atoms with Crippen molar-refractivity contribution in [3.8, 4) is 0 Å². The molecule has 0 amide bonds. The van der Waals surface area contributed by atoms with E-state index in [1.807, 2.05) is 0 Å². The standard InChI is InChI=1S/C13H14BrF3N2O/c14-8-5-9(13(15,16)17)12(18-6-8)19-10-3-4-20-11(10)7-1-2-7/h5-7,10-11H,1-4H2,(H,18,19). The highest BCUT2D eigenvalue weighted by Crippen LogP contribution is 2.41. The van der Waals surface area contributed by atoms with Crippen molar-refractivity contribution in [2.75, 3.05) is 11.9 Å². The second kappa shape index (κ2) is 5.18. The Labute approximate surface area is 123 Å². The number of nitrogens with zero attached hydrogens (tertiary/aromatic N) is 1. The predicted molar refractivity (Wildman–Crippen MR) is 71.4 cm³/mol. The smallest absolute Gasteiger partial charge is 0.376 e. The molecule has 2 heterocycles. The Hall–Kier alpha value is -0.820. The summed E-state index contributed by atoms with van der Waals surface area (Å²) in [5, 5.41) is 2.94. The fraction of sp³-hybridized carbons (Fsp3) is 0.615. The van der Waals surface area contributed by atoms with E-state index in [9.17, 15) is 13.2 Å². The van der Waals surface area contributed by atoms with Gasteiger partial charge in [-0.25, -0.2) is 4.98 Å². The van der Waals surface area contributed by atoms with Gasteiger partial charge in [0.15, 0.2) is 0 Å². The Bertz CT molecular complexity index is 505. The van der Waals surface area contributed by atoms with Gasteiger partial charge >= 0.3 is 6.18 Å². The monoisotopic (exact) mass is 350 g/mol. The summed E-state index contributed by atoms with van der Waals surface area (Å²) in [5.41, 5.74) is -0.742. The number of anilines is 1. The van der Waals surface area contributed by atoms with Crippen molar-refractivity contribution in [2.45, 2.75) is 37.6 Å². The van der Waals surface area contributed by atoms with Gasteiger partial charge in [-0.1, -0.05) is 0 Å². The number of ether oxygens (including phenoxy) is 1. The molecule has 0 bridgehead atoms. The number of hydrogen-bond acceptors (Lipinski definition) is 3. The zero-order valence-electron chi connectivity index (χ0n) is 10.6. The zero-order chi connectivity index (χ0) is 14.3. The Morgan fingerprint density at radius 3 is 2.70 bits per heavy atom. The van der Waals surface area contributed by atoms with Crippen LogP contribution in [-0.2, 0) is 10.9 Å². The average molecular weight is 351 g/mol. The Kier molecular flexibility index (Phi) is 3.66. The van der Waals surface area contributed by atoms with E-state index in [0.29, 0.717) is 17.0 Å². The van der Waals surface area contributed by atoms with Gasteiger partial charge in [0.25, 0.3) is 0 Å². The fourth-order valence-corrected chi connectivity index (χ4v) is 2.93. The first-order valence-electron chi connectivity index (χ1n) is 6.56. The van der Waals surface area contributed by atoms with Crippen LogP contribution in [0.25, 0.3) is 0 Å². The van der Waals surface area contributed by atoms with Crippen molar-refractivity contribution in [2.24, 2.45) is 5.92 Å². The molecule has 3 nitrogen and oxygen atoms in total. The summed E-state index contributed by atoms with van der Waals surface area (Å²) in [6.07, 6.45) is -0.115. The highest BCUT2D eigenvalue weighted by molar-refractivity contribution is 9.10. The van der Waals surface area contributed by atoms with E-state index in [4.69, 9.17) is 4.74 Å². The molecule has 1 aromatic rings. The molecule has 110 valence electrons. The molecular formula is C13H14BrF3N2O. The summed E-state index contributed by atoms with van der Waals surface area (Å²) in [6.45, 7) is 0.594. The zero-order valence-corrected chi connectivity index (χ0v) is 12.2. The van der Waals surface area contributed by atoms with Crippen molar-refractivity contribution < 1.29 is 17.9 Å². The van der Waals surface area contributed by atoms with Crippen molar-refractivity contribution in [1.82, 2.24) is 4.98 Å². The lowest BCUT2D eigenvalue weighted by atomic mass is 10.1. The minimum absolute atomic E-state index is 0.0153. The van der Waals surface area contributed by atoms with Gasteiger partial charge in [-0.3, -0.25) is 0 Å². The molecule has 1 N–H and O–H groups in total. The van der Waals surface area contributed by atoms with Gasteiger partial charge < -0.3 is 10.1 Å². The summed E-state index contributed by atoms with van der Waals surface area (Å²) >= 11 is 3.03. The first-order chi connectivity index (χ1) is 9.45. The van der Waals surface area contributed by atoms with E-state index < -0.39 is 11.7 Å². The van der Waals surface area contributed by atoms with E-state index in [1.54, 1.807) is 0 Å². The molecule has 2 atom stereocenters. The van der Waals surface area contributed by atoms with E-state index in [0.717, 1.165) is 25.3 Å². The SMILES string of the molecule is FC(F)(F)c1cc(Br)cnc1NC1CCOC1C1CC1. The third kappa shape index (κ3) is 2.93. The maximum atomic E-state index is 13.0. The van der Waals surface area contributed by atoms with Crippen LogP contribution in [0.15, 0.2) is 16.7 Å². The number of nitrogens with one attached hydrogen (secondary N) is 1. The van der Waals surface area contributed by atoms with Gasteiger partial charge in [-0.05, 0) is 47.2 Å². The Morgan fingerprint density at radius 1 is 1.30 bits per heavy atom. The van der Waals surface area contributed by atoms with E-state index in [1.165, 1.54) is 6.20 Å². The normalized spacial score (nSPS) is 26.8. The summed E-state index contributed by atoms with van der Waals surface area (Å²) in [6, 6.07) is 0.967. The van der Waals surface area contributed by atoms with Gasteiger partial charge in [0.05, 0.1) is 17.7 Å². The molecule has 2 fully saturated rings. The van der Waals surface area contributed by atoms with Crippen LogP contribution < -0.4 is 5.32 Å². The van der Waals surface area contributed by atoms with Crippen molar-refractivity contribution in [3.05, 3.63) is 22.3 Å². The van der Waals surface area contributed by atoms with Gasteiger partial charge in [0, 0.05) is 17.3 Å². The van der Waals surface area contributed by atoms with Crippen molar-refractivity contribution in [3.63, 3.8) is 0 Å². The van der Waals surface area contributed by atoms with Crippen molar-refractivity contribution >= 4 is 21.7 Å². The molecule has 0 aromatic carbocycles. The van der Waals surface area contributed by atoms with Crippen molar-refractivity contribution in [1.29, 1.82) is 0 Å². The molecule has 1 saturated carbocycles. The number of rotatable bonds is 3. The molecule has 2 unspecified atom stereocenters. The molecule has 0 spiro atoms. The van der Waals surface area contributed by atoms with E-state index in [-0.39, 0.29) is 18.0 Å². The number of aromatic nitrogens is 1. The maximum absolute atomic E-state index is 13.0. The first-order valence-corrected chi connectivity index (χ1v) is 7.35. The molecule has 1 aromatic heterocycles. The van der Waals surface area contributed by atoms with Crippen LogP contribution in [-0.4, -0.2) is 23.7 Å². The average Bonchev–Trinajstić information content (AvgIpc) is 3.11. The maximum Gasteiger partial charge on any atom is 0.419 e. The Balaban J connectivity index is 1.83. The topological polar surface area (TPSA) is 34.2 Å². The minimum Gasteiger partial charge on any atom is -0.376 e. The third-order valence-corrected chi connectivity index (χ3v) is 4.14. The second-order valence-corrected chi connectivity index (χ2v) is 6.18. The van der Waals surface area contributed by atoms with Crippen LogP contribution in [0.4, 0.5) is 19.0 Å². The highest BCUT2D eigenvalue weighted by atomic mass is 79.9.